The normalized spacial score (nSPS) is 11.5. The summed E-state index contributed by atoms with van der Waals surface area (Å²) in [7, 11) is 0. The molecule has 0 amide bonds. The molecule has 9 heteroatoms. The first kappa shape index (κ1) is 15.8. The van der Waals surface area contributed by atoms with E-state index in [-0.39, 0.29) is 0 Å². The third-order valence-corrected chi connectivity index (χ3v) is 3.05. The molecule has 3 heterocycles. The topological polar surface area (TPSA) is 141 Å². The van der Waals surface area contributed by atoms with Crippen molar-refractivity contribution in [3.05, 3.63) is 49.1 Å². The molecule has 0 saturated heterocycles. The van der Waals surface area contributed by atoms with E-state index in [0.717, 1.165) is 32.8 Å². The lowest BCUT2D eigenvalue weighted by Gasteiger charge is -2.06. The molecule has 4 aromatic rings. The number of rotatable bonds is 0. The number of fused-ring (bicyclic) bond motifs is 6. The Morgan fingerprint density at radius 2 is 1.04 bits per heavy atom. The van der Waals surface area contributed by atoms with E-state index < -0.39 is 20.1 Å². The molecule has 116 valence electrons. The minimum Gasteiger partial charge on any atom is -0.256 e. The molecule has 0 aliphatic carbocycles. The van der Waals surface area contributed by atoms with Crippen LogP contribution in [0.25, 0.3) is 32.8 Å². The van der Waals surface area contributed by atoms with Crippen LogP contribution in [0.3, 0.4) is 0 Å². The predicted molar refractivity (Wildman–Crippen MR) is 72.4 cm³/mol. The highest BCUT2D eigenvalue weighted by Crippen LogP contribution is 2.29. The third-order valence-electron chi connectivity index (χ3n) is 3.05. The summed E-state index contributed by atoms with van der Waals surface area (Å²) in [4.78, 5) is 17.7. The molecule has 0 aliphatic rings. The lowest BCUT2D eigenvalue weighted by atomic mass is 10.1. The van der Waals surface area contributed by atoms with Gasteiger partial charge in [-0.2, -0.15) is 0 Å². The molecule has 0 bridgehead atoms. The minimum atomic E-state index is -5.69. The Balaban J connectivity index is 0.000000276. The molecule has 0 unspecified atom stereocenters. The van der Waals surface area contributed by atoms with Crippen LogP contribution in [0.15, 0.2) is 49.1 Å². The zero-order chi connectivity index (χ0) is 16.4. The van der Waals surface area contributed by atoms with Crippen LogP contribution >= 0.6 is 0 Å². The van der Waals surface area contributed by atoms with Gasteiger partial charge in [0.25, 0.3) is 0 Å². The van der Waals surface area contributed by atoms with Gasteiger partial charge < -0.3 is 0 Å². The molecule has 4 rings (SSSR count). The maximum atomic E-state index is 8.73. The van der Waals surface area contributed by atoms with E-state index >= 15 is 0 Å². The molecular formula is C14H9IN4O4. The number of hydrogen-bond acceptors (Lipinski definition) is 8. The second-order valence-electron chi connectivity index (χ2n) is 4.45. The summed E-state index contributed by atoms with van der Waals surface area (Å²) in [5, 5.41) is 2.03. The molecule has 1 N–H and O–H groups in total. The van der Waals surface area contributed by atoms with Crippen LogP contribution in [0.2, 0.25) is 0 Å². The second-order valence-corrected chi connectivity index (χ2v) is 6.71. The first-order valence-electron chi connectivity index (χ1n) is 6.30. The Kier molecular flexibility index (Phi) is 4.28. The van der Waals surface area contributed by atoms with E-state index in [1.54, 1.807) is 24.8 Å². The van der Waals surface area contributed by atoms with Crippen molar-refractivity contribution in [2.75, 3.05) is 0 Å². The predicted octanol–water partition coefficient (Wildman–Crippen LogP) is -4.39. The molecule has 0 fully saturated rings. The first-order chi connectivity index (χ1) is 10.9. The first-order valence-corrected chi connectivity index (χ1v) is 9.91. The van der Waals surface area contributed by atoms with E-state index in [1.165, 1.54) is 0 Å². The molecule has 3 aromatic heterocycles. The number of halogens is 1. The van der Waals surface area contributed by atoms with Crippen molar-refractivity contribution in [3.63, 3.8) is 0 Å². The fraction of sp³-hybridized carbons (Fsp3) is 0. The van der Waals surface area contributed by atoms with Crippen LogP contribution in [-0.4, -0.2) is 23.4 Å². The van der Waals surface area contributed by atoms with Gasteiger partial charge in [0.2, 0.25) is 0 Å². The van der Waals surface area contributed by atoms with Crippen molar-refractivity contribution < 1.29 is 33.8 Å². The number of benzene rings is 1. The van der Waals surface area contributed by atoms with Gasteiger partial charge in [0, 0.05) is 39.0 Å². The van der Waals surface area contributed by atoms with Crippen LogP contribution in [0.4, 0.5) is 0 Å². The Morgan fingerprint density at radius 3 is 1.57 bits per heavy atom. The number of pyridine rings is 2. The highest BCUT2D eigenvalue weighted by molar-refractivity contribution is 6.20. The van der Waals surface area contributed by atoms with Gasteiger partial charge in [0.15, 0.2) is 0 Å². The fourth-order valence-electron chi connectivity index (χ4n) is 2.30. The van der Waals surface area contributed by atoms with Crippen molar-refractivity contribution in [1.29, 1.82) is 0 Å². The maximum absolute atomic E-state index is 8.73. The van der Waals surface area contributed by atoms with E-state index in [4.69, 9.17) is 13.7 Å². The van der Waals surface area contributed by atoms with Crippen LogP contribution in [-0.2, 0) is 0 Å². The third kappa shape index (κ3) is 3.48. The molecule has 0 spiro atoms. The van der Waals surface area contributed by atoms with Gasteiger partial charge in [-0.15, -0.1) is 0 Å². The lowest BCUT2D eigenvalue weighted by Crippen LogP contribution is -4.23. The Bertz CT molecular complexity index is 764. The van der Waals surface area contributed by atoms with Gasteiger partial charge in [-0.3, -0.25) is 30.2 Å². The van der Waals surface area contributed by atoms with Crippen molar-refractivity contribution in [2.45, 2.75) is 0 Å². The lowest BCUT2D eigenvalue weighted by molar-refractivity contribution is -1.92. The Labute approximate surface area is 135 Å². The van der Waals surface area contributed by atoms with Crippen molar-refractivity contribution in [2.24, 2.45) is 0 Å². The van der Waals surface area contributed by atoms with Gasteiger partial charge in [-0.05, 0) is 24.3 Å². The van der Waals surface area contributed by atoms with Crippen molar-refractivity contribution in [3.8, 4) is 0 Å². The molecule has 0 atom stereocenters. The van der Waals surface area contributed by atoms with Gasteiger partial charge >= 0.3 is 20.1 Å². The highest BCUT2D eigenvalue weighted by atomic mass is 127. The van der Waals surface area contributed by atoms with E-state index in [2.05, 4.69) is 19.9 Å². The summed E-state index contributed by atoms with van der Waals surface area (Å²) in [6, 6.07) is 7.87. The fourth-order valence-corrected chi connectivity index (χ4v) is 2.30. The summed E-state index contributed by atoms with van der Waals surface area (Å²) in [5.41, 5.74) is 3.46. The second kappa shape index (κ2) is 6.22. The summed E-state index contributed by atoms with van der Waals surface area (Å²) in [5.74, 6) is 0. The molecule has 1 aromatic carbocycles. The summed E-state index contributed by atoms with van der Waals surface area (Å²) in [6.07, 6.45) is 6.95. The molecule has 0 radical (unpaired) electrons. The summed E-state index contributed by atoms with van der Waals surface area (Å²) in [6.45, 7) is 0. The van der Waals surface area contributed by atoms with Crippen molar-refractivity contribution >= 4 is 32.8 Å². The van der Waals surface area contributed by atoms with Crippen molar-refractivity contribution in [1.82, 2.24) is 19.9 Å². The largest absolute Gasteiger partial charge is 0.368 e. The zero-order valence-electron chi connectivity index (χ0n) is 11.5. The van der Waals surface area contributed by atoms with Gasteiger partial charge in [-0.1, -0.05) is 0 Å². The molecular weight excluding hydrogens is 415 g/mol. The van der Waals surface area contributed by atoms with E-state index in [0.29, 0.717) is 0 Å². The monoisotopic (exact) mass is 424 g/mol. The molecule has 8 nitrogen and oxygen atoms in total. The number of aromatic nitrogens is 4. The average molecular weight is 424 g/mol. The van der Waals surface area contributed by atoms with Gasteiger partial charge in [0.05, 0.1) is 5.52 Å². The number of hydrogen-bond donors (Lipinski definition) is 1. The van der Waals surface area contributed by atoms with Crippen LogP contribution in [0, 0.1) is 0 Å². The summed E-state index contributed by atoms with van der Waals surface area (Å²) < 4.78 is 33.2. The van der Waals surface area contributed by atoms with E-state index in [9.17, 15) is 0 Å². The smallest absolute Gasteiger partial charge is 0.256 e. The Hall–Kier alpha value is -2.05. The molecule has 0 aliphatic heterocycles. The average Bonchev–Trinajstić information content (AvgIpc) is 2.54. The van der Waals surface area contributed by atoms with Crippen LogP contribution in [0.5, 0.6) is 0 Å². The quantitative estimate of drug-likeness (QED) is 0.221. The van der Waals surface area contributed by atoms with Crippen LogP contribution in [0.1, 0.15) is 0 Å². The summed E-state index contributed by atoms with van der Waals surface area (Å²) >= 11 is -5.69. The molecule has 0 saturated carbocycles. The highest BCUT2D eigenvalue weighted by Gasteiger charge is 2.12. The number of nitrogens with zero attached hydrogens (tertiary/aromatic N) is 4. The minimum absolute atomic E-state index is 0.827. The maximum Gasteiger partial charge on any atom is 0.368 e. The van der Waals surface area contributed by atoms with Gasteiger partial charge in [-0.25, -0.2) is 0 Å². The zero-order valence-corrected chi connectivity index (χ0v) is 13.6. The van der Waals surface area contributed by atoms with Gasteiger partial charge in [0.1, 0.15) is 16.6 Å². The standard InChI is InChI=1S/C14H8N4.HIO4/c1-3-10-11(15-5-1)9-4-2-6-16-12(9)14-13(10)17-7-8-18-14;2-1(3,4)5/h1-8H;2H. The molecule has 23 heavy (non-hydrogen) atoms. The Morgan fingerprint density at radius 1 is 0.652 bits per heavy atom. The van der Waals surface area contributed by atoms with E-state index in [1.807, 2.05) is 24.3 Å². The SMILES string of the molecule is [O-][I+3]([O-])([O-])O.c1cnc2c(c1)c1ncccc1c1nccnc21. The van der Waals surface area contributed by atoms with Crippen LogP contribution < -0.4 is 30.4 Å².